The summed E-state index contributed by atoms with van der Waals surface area (Å²) in [6.45, 7) is 1.89. The SMILES string of the molecule is CCOC(=O)Cc1cc(C=O)c([N+](=O)[O-])cc1Cl. The number of benzene rings is 1. The smallest absolute Gasteiger partial charge is 0.310 e. The summed E-state index contributed by atoms with van der Waals surface area (Å²) in [5.74, 6) is -0.509. The number of carbonyl (C=O) groups is 2. The zero-order valence-electron chi connectivity index (χ0n) is 9.51. The van der Waals surface area contributed by atoms with Crippen LogP contribution >= 0.6 is 11.6 Å². The van der Waals surface area contributed by atoms with Gasteiger partial charge >= 0.3 is 5.97 Å². The number of esters is 1. The molecule has 0 amide bonds. The zero-order chi connectivity index (χ0) is 13.7. The first kappa shape index (κ1) is 14.1. The minimum absolute atomic E-state index is 0.0559. The maximum atomic E-state index is 11.3. The van der Waals surface area contributed by atoms with Gasteiger partial charge in [-0.2, -0.15) is 0 Å². The Labute approximate surface area is 108 Å². The molecule has 0 saturated carbocycles. The van der Waals surface area contributed by atoms with E-state index >= 15 is 0 Å². The van der Waals surface area contributed by atoms with Crippen molar-refractivity contribution in [2.24, 2.45) is 0 Å². The molecule has 18 heavy (non-hydrogen) atoms. The molecule has 0 atom stereocenters. The predicted octanol–water partition coefficient (Wildman–Crippen LogP) is 2.17. The molecular formula is C11H10ClNO5. The van der Waals surface area contributed by atoms with E-state index in [0.29, 0.717) is 11.8 Å². The minimum atomic E-state index is -0.705. The molecule has 0 aromatic heterocycles. The van der Waals surface area contributed by atoms with Crippen molar-refractivity contribution < 1.29 is 19.2 Å². The Morgan fingerprint density at radius 2 is 2.22 bits per heavy atom. The van der Waals surface area contributed by atoms with Crippen molar-refractivity contribution >= 4 is 29.5 Å². The maximum absolute atomic E-state index is 11.3. The molecule has 0 spiro atoms. The van der Waals surface area contributed by atoms with Crippen molar-refractivity contribution in [3.8, 4) is 0 Å². The van der Waals surface area contributed by atoms with Crippen molar-refractivity contribution in [2.75, 3.05) is 6.61 Å². The molecule has 0 unspecified atom stereocenters. The molecular weight excluding hydrogens is 262 g/mol. The molecule has 0 N–H and O–H groups in total. The van der Waals surface area contributed by atoms with E-state index in [-0.39, 0.29) is 29.3 Å². The summed E-state index contributed by atoms with van der Waals surface area (Å²) in [4.78, 5) is 32.0. The van der Waals surface area contributed by atoms with Crippen molar-refractivity contribution in [1.29, 1.82) is 0 Å². The molecule has 0 fully saturated rings. The monoisotopic (exact) mass is 271 g/mol. The van der Waals surface area contributed by atoms with E-state index in [1.807, 2.05) is 0 Å². The van der Waals surface area contributed by atoms with Crippen molar-refractivity contribution in [3.05, 3.63) is 38.4 Å². The lowest BCUT2D eigenvalue weighted by Gasteiger charge is -2.05. The summed E-state index contributed by atoms with van der Waals surface area (Å²) >= 11 is 5.82. The lowest BCUT2D eigenvalue weighted by atomic mass is 10.1. The lowest BCUT2D eigenvalue weighted by molar-refractivity contribution is -0.385. The van der Waals surface area contributed by atoms with Crippen LogP contribution in [0.3, 0.4) is 0 Å². The van der Waals surface area contributed by atoms with Crippen LogP contribution in [0.1, 0.15) is 22.8 Å². The summed E-state index contributed by atoms with van der Waals surface area (Å²) < 4.78 is 4.73. The van der Waals surface area contributed by atoms with Gasteiger partial charge in [0, 0.05) is 6.07 Å². The second kappa shape index (κ2) is 6.11. The van der Waals surface area contributed by atoms with Crippen molar-refractivity contribution in [2.45, 2.75) is 13.3 Å². The van der Waals surface area contributed by atoms with Gasteiger partial charge < -0.3 is 4.74 Å². The Balaban J connectivity index is 3.11. The zero-order valence-corrected chi connectivity index (χ0v) is 10.3. The molecule has 0 aliphatic rings. The van der Waals surface area contributed by atoms with E-state index in [2.05, 4.69) is 0 Å². The van der Waals surface area contributed by atoms with Crippen LogP contribution in [-0.4, -0.2) is 23.8 Å². The number of aldehydes is 1. The Hall–Kier alpha value is -1.95. The van der Waals surface area contributed by atoms with Crippen LogP contribution in [0.25, 0.3) is 0 Å². The van der Waals surface area contributed by atoms with Crippen molar-refractivity contribution in [3.63, 3.8) is 0 Å². The second-order valence-electron chi connectivity index (χ2n) is 3.36. The highest BCUT2D eigenvalue weighted by Crippen LogP contribution is 2.26. The number of ether oxygens (including phenoxy) is 1. The van der Waals surface area contributed by atoms with Gasteiger partial charge in [-0.15, -0.1) is 0 Å². The van der Waals surface area contributed by atoms with Gasteiger partial charge in [0.2, 0.25) is 0 Å². The van der Waals surface area contributed by atoms with Crippen LogP contribution in [-0.2, 0) is 16.0 Å². The van der Waals surface area contributed by atoms with Crippen LogP contribution in [0.5, 0.6) is 0 Å². The molecule has 0 aliphatic carbocycles. The summed E-state index contributed by atoms with van der Waals surface area (Å²) in [6, 6.07) is 2.28. The average molecular weight is 272 g/mol. The highest BCUT2D eigenvalue weighted by atomic mass is 35.5. The Bertz CT molecular complexity index is 500. The summed E-state index contributed by atoms with van der Waals surface area (Å²) in [5, 5.41) is 10.7. The molecule has 1 rings (SSSR count). The number of nitrogens with zero attached hydrogens (tertiary/aromatic N) is 1. The second-order valence-corrected chi connectivity index (χ2v) is 3.77. The van der Waals surface area contributed by atoms with Gasteiger partial charge in [0.15, 0.2) is 6.29 Å². The Morgan fingerprint density at radius 1 is 1.56 bits per heavy atom. The highest BCUT2D eigenvalue weighted by Gasteiger charge is 2.18. The molecule has 96 valence electrons. The number of hydrogen-bond acceptors (Lipinski definition) is 5. The van der Waals surface area contributed by atoms with Crippen LogP contribution in [0.15, 0.2) is 12.1 Å². The summed E-state index contributed by atoms with van der Waals surface area (Å²) in [7, 11) is 0. The highest BCUT2D eigenvalue weighted by molar-refractivity contribution is 6.31. The molecule has 7 heteroatoms. The number of halogens is 1. The first-order chi connectivity index (χ1) is 8.49. The van der Waals surface area contributed by atoms with E-state index in [9.17, 15) is 19.7 Å². The van der Waals surface area contributed by atoms with Crippen LogP contribution in [0.2, 0.25) is 5.02 Å². The Kier molecular flexibility index (Phi) is 4.79. The third-order valence-corrected chi connectivity index (χ3v) is 2.51. The Morgan fingerprint density at radius 3 is 2.72 bits per heavy atom. The number of nitro benzene ring substituents is 1. The summed E-state index contributed by atoms with van der Waals surface area (Å²) in [5.41, 5.74) is -0.186. The fraction of sp³-hybridized carbons (Fsp3) is 0.273. The minimum Gasteiger partial charge on any atom is -0.466 e. The molecule has 0 bridgehead atoms. The van der Waals surface area contributed by atoms with Gasteiger partial charge in [0.05, 0.1) is 28.5 Å². The topological polar surface area (TPSA) is 86.5 Å². The maximum Gasteiger partial charge on any atom is 0.310 e. The van der Waals surface area contributed by atoms with Crippen LogP contribution < -0.4 is 0 Å². The standard InChI is InChI=1S/C11H10ClNO5/c1-2-18-11(15)4-7-3-8(6-14)10(13(16)17)5-9(7)12/h3,5-6H,2,4H2,1H3. The molecule has 0 heterocycles. The molecule has 6 nitrogen and oxygen atoms in total. The fourth-order valence-electron chi connectivity index (χ4n) is 1.38. The van der Waals surface area contributed by atoms with Crippen LogP contribution in [0, 0.1) is 10.1 Å². The van der Waals surface area contributed by atoms with Gasteiger partial charge in [0.1, 0.15) is 0 Å². The quantitative estimate of drug-likeness (QED) is 0.354. The van der Waals surface area contributed by atoms with Gasteiger partial charge in [-0.1, -0.05) is 11.6 Å². The van der Waals surface area contributed by atoms with E-state index in [1.165, 1.54) is 6.07 Å². The van der Waals surface area contributed by atoms with Gasteiger partial charge in [0.25, 0.3) is 5.69 Å². The third kappa shape index (κ3) is 3.27. The van der Waals surface area contributed by atoms with Gasteiger partial charge in [-0.05, 0) is 18.6 Å². The first-order valence-corrected chi connectivity index (χ1v) is 5.45. The molecule has 0 radical (unpaired) electrons. The van der Waals surface area contributed by atoms with Gasteiger partial charge in [-0.3, -0.25) is 19.7 Å². The first-order valence-electron chi connectivity index (χ1n) is 5.07. The fourth-order valence-corrected chi connectivity index (χ4v) is 1.61. The number of hydrogen-bond donors (Lipinski definition) is 0. The van der Waals surface area contributed by atoms with Gasteiger partial charge in [-0.25, -0.2) is 0 Å². The third-order valence-electron chi connectivity index (χ3n) is 2.16. The molecule has 1 aromatic carbocycles. The van der Waals surface area contributed by atoms with E-state index in [1.54, 1.807) is 6.92 Å². The van der Waals surface area contributed by atoms with Crippen molar-refractivity contribution in [1.82, 2.24) is 0 Å². The van der Waals surface area contributed by atoms with E-state index < -0.39 is 10.9 Å². The average Bonchev–Trinajstić information content (AvgIpc) is 2.31. The summed E-state index contributed by atoms with van der Waals surface area (Å²) in [6.07, 6.45) is 0.217. The molecule has 1 aromatic rings. The van der Waals surface area contributed by atoms with E-state index in [4.69, 9.17) is 16.3 Å². The molecule has 0 saturated heterocycles. The number of rotatable bonds is 5. The number of carbonyl (C=O) groups excluding carboxylic acids is 2. The number of nitro groups is 1. The lowest BCUT2D eigenvalue weighted by Crippen LogP contribution is -2.08. The predicted molar refractivity (Wildman–Crippen MR) is 63.8 cm³/mol. The largest absolute Gasteiger partial charge is 0.466 e. The molecule has 0 aliphatic heterocycles. The normalized spacial score (nSPS) is 9.89. The van der Waals surface area contributed by atoms with Crippen LogP contribution in [0.4, 0.5) is 5.69 Å². The van der Waals surface area contributed by atoms with E-state index in [0.717, 1.165) is 6.07 Å².